The molecule has 0 aliphatic carbocycles. The Morgan fingerprint density at radius 2 is 2.28 bits per heavy atom. The maximum Gasteiger partial charge on any atom is 0.303 e. The molecular formula is C12H15BrN2O3. The molecule has 0 aliphatic rings. The van der Waals surface area contributed by atoms with E-state index in [9.17, 15) is 4.79 Å². The number of halogens is 1. The van der Waals surface area contributed by atoms with E-state index in [-0.39, 0.29) is 6.42 Å². The molecule has 0 aromatic carbocycles. The second-order valence-electron chi connectivity index (χ2n) is 3.50. The topological polar surface area (TPSA) is 71.8 Å². The van der Waals surface area contributed by atoms with Gasteiger partial charge >= 0.3 is 5.97 Å². The lowest BCUT2D eigenvalue weighted by atomic mass is 10.3. The molecule has 0 unspecified atom stereocenters. The SMILES string of the molecule is CCOC(CCC(=O)O)=NCc1ccc(Br)cn1. The molecule has 1 heterocycles. The predicted molar refractivity (Wildman–Crippen MR) is 71.6 cm³/mol. The molecule has 6 heteroatoms. The zero-order valence-corrected chi connectivity index (χ0v) is 11.7. The number of carbonyl (C=O) groups is 1. The van der Waals surface area contributed by atoms with Crippen LogP contribution in [0.3, 0.4) is 0 Å². The fourth-order valence-corrected chi connectivity index (χ4v) is 1.48. The van der Waals surface area contributed by atoms with Gasteiger partial charge < -0.3 is 9.84 Å². The lowest BCUT2D eigenvalue weighted by Crippen LogP contribution is -2.08. The number of aromatic nitrogens is 1. The Morgan fingerprint density at radius 3 is 2.83 bits per heavy atom. The van der Waals surface area contributed by atoms with Gasteiger partial charge in [-0.25, -0.2) is 4.99 Å². The second-order valence-corrected chi connectivity index (χ2v) is 4.42. The number of hydrogen-bond donors (Lipinski definition) is 1. The van der Waals surface area contributed by atoms with E-state index in [0.29, 0.717) is 25.5 Å². The minimum atomic E-state index is -0.857. The highest BCUT2D eigenvalue weighted by Crippen LogP contribution is 2.08. The average Bonchev–Trinajstić information content (AvgIpc) is 2.34. The molecule has 1 N–H and O–H groups in total. The van der Waals surface area contributed by atoms with Crippen molar-refractivity contribution in [1.82, 2.24) is 4.98 Å². The Hall–Kier alpha value is -1.43. The number of rotatable bonds is 6. The molecule has 98 valence electrons. The van der Waals surface area contributed by atoms with Crippen LogP contribution in [0.1, 0.15) is 25.5 Å². The van der Waals surface area contributed by atoms with Gasteiger partial charge in [-0.1, -0.05) is 0 Å². The monoisotopic (exact) mass is 314 g/mol. The van der Waals surface area contributed by atoms with Crippen molar-refractivity contribution in [1.29, 1.82) is 0 Å². The molecule has 0 saturated carbocycles. The molecule has 1 aromatic heterocycles. The van der Waals surface area contributed by atoms with Crippen LogP contribution in [0.25, 0.3) is 0 Å². The molecule has 5 nitrogen and oxygen atoms in total. The molecule has 1 rings (SSSR count). The molecule has 0 spiro atoms. The van der Waals surface area contributed by atoms with E-state index >= 15 is 0 Å². The van der Waals surface area contributed by atoms with Crippen molar-refractivity contribution in [3.63, 3.8) is 0 Å². The number of pyridine rings is 1. The molecule has 0 fully saturated rings. The van der Waals surface area contributed by atoms with Gasteiger partial charge in [-0.05, 0) is 35.0 Å². The number of nitrogens with zero attached hydrogens (tertiary/aromatic N) is 2. The minimum Gasteiger partial charge on any atom is -0.481 e. The summed E-state index contributed by atoms with van der Waals surface area (Å²) >= 11 is 3.30. The van der Waals surface area contributed by atoms with Crippen molar-refractivity contribution >= 4 is 27.8 Å². The van der Waals surface area contributed by atoms with E-state index in [1.165, 1.54) is 0 Å². The van der Waals surface area contributed by atoms with Crippen LogP contribution in [-0.4, -0.2) is 28.6 Å². The van der Waals surface area contributed by atoms with Crippen LogP contribution in [0.5, 0.6) is 0 Å². The van der Waals surface area contributed by atoms with Crippen molar-refractivity contribution in [2.75, 3.05) is 6.61 Å². The summed E-state index contributed by atoms with van der Waals surface area (Å²) in [5.41, 5.74) is 0.811. The third kappa shape index (κ3) is 5.77. The Morgan fingerprint density at radius 1 is 1.50 bits per heavy atom. The number of aliphatic imine (C=N–C) groups is 1. The van der Waals surface area contributed by atoms with Gasteiger partial charge in [-0.3, -0.25) is 9.78 Å². The molecule has 18 heavy (non-hydrogen) atoms. The van der Waals surface area contributed by atoms with Crippen molar-refractivity contribution in [2.24, 2.45) is 4.99 Å². The summed E-state index contributed by atoms with van der Waals surface area (Å²) in [7, 11) is 0. The van der Waals surface area contributed by atoms with Crippen LogP contribution >= 0.6 is 15.9 Å². The highest BCUT2D eigenvalue weighted by Gasteiger charge is 2.04. The maximum atomic E-state index is 10.5. The summed E-state index contributed by atoms with van der Waals surface area (Å²) in [4.78, 5) is 18.9. The fraction of sp³-hybridized carbons (Fsp3) is 0.417. The normalized spacial score (nSPS) is 11.3. The van der Waals surface area contributed by atoms with Crippen LogP contribution in [0, 0.1) is 0 Å². The molecule has 0 bridgehead atoms. The first-order chi connectivity index (χ1) is 8.61. The van der Waals surface area contributed by atoms with Gasteiger partial charge in [0.25, 0.3) is 0 Å². The zero-order valence-electron chi connectivity index (χ0n) is 10.1. The fourth-order valence-electron chi connectivity index (χ4n) is 1.25. The highest BCUT2D eigenvalue weighted by atomic mass is 79.9. The van der Waals surface area contributed by atoms with Crippen LogP contribution in [-0.2, 0) is 16.1 Å². The van der Waals surface area contributed by atoms with Gasteiger partial charge in [0, 0.05) is 17.1 Å². The summed E-state index contributed by atoms with van der Waals surface area (Å²) in [5, 5.41) is 8.62. The average molecular weight is 315 g/mol. The Labute approximate surface area is 114 Å². The van der Waals surface area contributed by atoms with E-state index in [4.69, 9.17) is 9.84 Å². The number of aliphatic carboxylic acids is 1. The molecular weight excluding hydrogens is 300 g/mol. The number of ether oxygens (including phenoxy) is 1. The highest BCUT2D eigenvalue weighted by molar-refractivity contribution is 9.10. The van der Waals surface area contributed by atoms with E-state index in [2.05, 4.69) is 25.9 Å². The lowest BCUT2D eigenvalue weighted by molar-refractivity contribution is -0.136. The summed E-state index contributed by atoms with van der Waals surface area (Å²) in [6.45, 7) is 2.71. The lowest BCUT2D eigenvalue weighted by Gasteiger charge is -2.06. The number of hydrogen-bond acceptors (Lipinski definition) is 4. The second kappa shape index (κ2) is 7.81. The summed E-state index contributed by atoms with van der Waals surface area (Å²) in [5.74, 6) is -0.395. The van der Waals surface area contributed by atoms with Crippen LogP contribution in [0.4, 0.5) is 0 Å². The largest absolute Gasteiger partial charge is 0.481 e. The molecule has 0 saturated heterocycles. The van der Waals surface area contributed by atoms with Crippen LogP contribution < -0.4 is 0 Å². The third-order valence-electron chi connectivity index (χ3n) is 2.07. The first-order valence-corrected chi connectivity index (χ1v) is 6.39. The van der Waals surface area contributed by atoms with E-state index < -0.39 is 5.97 Å². The predicted octanol–water partition coefficient (Wildman–Crippen LogP) is 2.64. The minimum absolute atomic E-state index is 0.0204. The first kappa shape index (κ1) is 14.6. The molecule has 1 aromatic rings. The van der Waals surface area contributed by atoms with Crippen LogP contribution in [0.2, 0.25) is 0 Å². The van der Waals surface area contributed by atoms with Gasteiger partial charge in [-0.2, -0.15) is 0 Å². The molecule has 0 amide bonds. The summed E-state index contributed by atoms with van der Waals surface area (Å²) < 4.78 is 6.20. The Kier molecular flexibility index (Phi) is 6.35. The van der Waals surface area contributed by atoms with E-state index in [0.717, 1.165) is 10.2 Å². The Balaban J connectivity index is 2.58. The number of carboxylic acids is 1. The molecule has 0 atom stereocenters. The molecule has 0 radical (unpaired) electrons. The Bertz CT molecular complexity index is 418. The van der Waals surface area contributed by atoms with Crippen molar-refractivity contribution in [3.05, 3.63) is 28.5 Å². The van der Waals surface area contributed by atoms with Gasteiger partial charge in [0.15, 0.2) is 5.90 Å². The van der Waals surface area contributed by atoms with Crippen molar-refractivity contribution in [2.45, 2.75) is 26.3 Å². The quantitative estimate of drug-likeness (QED) is 0.647. The third-order valence-corrected chi connectivity index (χ3v) is 2.54. The van der Waals surface area contributed by atoms with Gasteiger partial charge in [-0.15, -0.1) is 0 Å². The smallest absolute Gasteiger partial charge is 0.303 e. The van der Waals surface area contributed by atoms with Gasteiger partial charge in [0.05, 0.1) is 25.3 Å². The summed E-state index contributed by atoms with van der Waals surface area (Å²) in [6, 6.07) is 3.74. The number of carboxylic acid groups (broad SMARTS) is 1. The maximum absolute atomic E-state index is 10.5. The first-order valence-electron chi connectivity index (χ1n) is 5.60. The van der Waals surface area contributed by atoms with Gasteiger partial charge in [0.2, 0.25) is 0 Å². The summed E-state index contributed by atoms with van der Waals surface area (Å²) in [6.07, 6.45) is 2.02. The van der Waals surface area contributed by atoms with E-state index in [1.807, 2.05) is 19.1 Å². The van der Waals surface area contributed by atoms with Crippen molar-refractivity contribution < 1.29 is 14.6 Å². The van der Waals surface area contributed by atoms with Crippen molar-refractivity contribution in [3.8, 4) is 0 Å². The van der Waals surface area contributed by atoms with Gasteiger partial charge in [0.1, 0.15) is 0 Å². The standard InChI is InChI=1S/C12H15BrN2O3/c1-2-18-11(5-6-12(16)17)15-8-10-4-3-9(13)7-14-10/h3-4,7H,2,5-6,8H2,1H3,(H,16,17). The zero-order chi connectivity index (χ0) is 13.4. The molecule has 0 aliphatic heterocycles. The van der Waals surface area contributed by atoms with E-state index in [1.54, 1.807) is 6.20 Å². The van der Waals surface area contributed by atoms with Crippen LogP contribution in [0.15, 0.2) is 27.8 Å².